The molecule has 4 nitrogen and oxygen atoms in total. The van der Waals surface area contributed by atoms with Crippen molar-refractivity contribution in [3.8, 4) is 0 Å². The van der Waals surface area contributed by atoms with Crippen LogP contribution in [0.4, 0.5) is 0 Å². The molecule has 0 spiro atoms. The first-order valence-electron chi connectivity index (χ1n) is 9.59. The second-order valence-corrected chi connectivity index (χ2v) is 9.46. The Hall–Kier alpha value is -2.07. The Morgan fingerprint density at radius 2 is 1.69 bits per heavy atom. The number of aliphatic carboxylic acids is 1. The van der Waals surface area contributed by atoms with Crippen LogP contribution >= 0.6 is 20.2 Å². The van der Waals surface area contributed by atoms with E-state index in [2.05, 4.69) is 0 Å². The molecular weight excluding hydrogens is 403 g/mol. The molecule has 3 rings (SSSR count). The highest BCUT2D eigenvalue weighted by atomic mass is 32.2. The number of carboxylic acid groups (broad SMARTS) is 1. The smallest absolute Gasteiger partial charge is 0.309 e. The van der Waals surface area contributed by atoms with Crippen LogP contribution in [0.3, 0.4) is 0 Å². The fourth-order valence-electron chi connectivity index (χ4n) is 3.42. The van der Waals surface area contributed by atoms with Crippen molar-refractivity contribution in [2.45, 2.75) is 29.5 Å². The second-order valence-electron chi connectivity index (χ2n) is 7.18. The summed E-state index contributed by atoms with van der Waals surface area (Å²) in [5.74, 6) is -2.05. The van der Waals surface area contributed by atoms with Crippen LogP contribution < -0.4 is 0 Å². The molecule has 152 valence electrons. The van der Waals surface area contributed by atoms with Crippen molar-refractivity contribution >= 4 is 37.0 Å². The van der Waals surface area contributed by atoms with Gasteiger partial charge in [-0.3, -0.25) is 4.79 Å². The Kier molecular flexibility index (Phi) is 7.54. The number of hydrogen-bond donors (Lipinski definition) is 2. The van der Waals surface area contributed by atoms with E-state index in [1.54, 1.807) is 0 Å². The average Bonchev–Trinajstić information content (AvgIpc) is 2.75. The maximum absolute atomic E-state index is 11.9. The zero-order valence-corrected chi connectivity index (χ0v) is 18.0. The summed E-state index contributed by atoms with van der Waals surface area (Å²) in [6.07, 6.45) is 1.63. The van der Waals surface area contributed by atoms with Gasteiger partial charge in [0, 0.05) is 10.6 Å². The van der Waals surface area contributed by atoms with Crippen molar-refractivity contribution in [3.63, 3.8) is 0 Å². The van der Waals surface area contributed by atoms with Crippen molar-refractivity contribution in [1.82, 2.24) is 0 Å². The van der Waals surface area contributed by atoms with Crippen LogP contribution in [0.5, 0.6) is 0 Å². The number of carbonyl (C=O) groups is 1. The molecule has 0 saturated carbocycles. The van der Waals surface area contributed by atoms with Gasteiger partial charge >= 0.3 is 5.97 Å². The number of hydrogen-bond acceptors (Lipinski definition) is 4. The third kappa shape index (κ3) is 5.72. The van der Waals surface area contributed by atoms with E-state index in [1.165, 1.54) is 11.8 Å². The lowest BCUT2D eigenvalue weighted by Crippen LogP contribution is -2.40. The topological polar surface area (TPSA) is 74.6 Å². The maximum atomic E-state index is 11.9. The van der Waals surface area contributed by atoms with Crippen LogP contribution in [0.1, 0.15) is 18.4 Å². The molecule has 0 bridgehead atoms. The van der Waals surface area contributed by atoms with Gasteiger partial charge in [-0.2, -0.15) is 0 Å². The number of fused-ring (bicyclic) bond motifs is 1. The molecule has 3 atom stereocenters. The van der Waals surface area contributed by atoms with Gasteiger partial charge in [0.05, 0.1) is 14.4 Å². The van der Waals surface area contributed by atoms with Gasteiger partial charge in [0.25, 0.3) is 0 Å². The summed E-state index contributed by atoms with van der Waals surface area (Å²) in [4.78, 5) is 12.8. The SMILES string of the molecule is O=[PH2]C(O)(CSc1ccc2ccccc2c1)C(CCCc1ccccc1)C(=O)O. The maximum Gasteiger partial charge on any atom is 0.309 e. The largest absolute Gasteiger partial charge is 0.481 e. The van der Waals surface area contributed by atoms with Gasteiger partial charge in [-0.1, -0.05) is 60.7 Å². The molecule has 3 aromatic rings. The fourth-order valence-corrected chi connectivity index (χ4v) is 5.38. The lowest BCUT2D eigenvalue weighted by molar-refractivity contribution is -0.146. The van der Waals surface area contributed by atoms with Crippen LogP contribution in [0.2, 0.25) is 0 Å². The molecule has 0 amide bonds. The quantitative estimate of drug-likeness (QED) is 0.347. The van der Waals surface area contributed by atoms with E-state index in [0.29, 0.717) is 6.42 Å². The van der Waals surface area contributed by atoms with Crippen LogP contribution in [0.15, 0.2) is 77.7 Å². The summed E-state index contributed by atoms with van der Waals surface area (Å²) in [5.41, 5.74) is 1.13. The van der Waals surface area contributed by atoms with Gasteiger partial charge in [0.2, 0.25) is 0 Å². The first-order valence-corrected chi connectivity index (χ1v) is 11.6. The molecule has 0 aliphatic carbocycles. The van der Waals surface area contributed by atoms with Gasteiger partial charge in [-0.25, -0.2) is 0 Å². The standard InChI is InChI=1S/C23H25O4PS/c24-22(25)21(12-6-9-17-7-2-1-3-8-17)23(26,28-27)16-29-20-14-13-18-10-4-5-11-19(18)15-20/h1-5,7-8,10-11,13-15,21,26H,6,9,12,16,28H2,(H,24,25). The molecule has 0 saturated heterocycles. The Labute approximate surface area is 176 Å². The third-order valence-corrected chi connectivity index (χ3v) is 7.60. The van der Waals surface area contributed by atoms with E-state index in [0.717, 1.165) is 27.7 Å². The van der Waals surface area contributed by atoms with Crippen molar-refractivity contribution in [3.05, 3.63) is 78.4 Å². The number of benzene rings is 3. The minimum Gasteiger partial charge on any atom is -0.481 e. The van der Waals surface area contributed by atoms with Gasteiger partial charge in [0.15, 0.2) is 0 Å². The van der Waals surface area contributed by atoms with E-state index in [9.17, 15) is 19.6 Å². The Bertz CT molecular complexity index is 979. The Morgan fingerprint density at radius 1 is 1.00 bits per heavy atom. The molecule has 3 aromatic carbocycles. The van der Waals surface area contributed by atoms with Gasteiger partial charge in [-0.15, -0.1) is 11.8 Å². The van der Waals surface area contributed by atoms with Crippen molar-refractivity contribution < 1.29 is 19.6 Å². The first kappa shape index (κ1) is 21.6. The number of aryl methyl sites for hydroxylation is 1. The summed E-state index contributed by atoms with van der Waals surface area (Å²) in [6.45, 7) is 0. The predicted octanol–water partition coefficient (Wildman–Crippen LogP) is 5.10. The molecule has 0 heterocycles. The zero-order chi connectivity index (χ0) is 20.7. The van der Waals surface area contributed by atoms with Crippen molar-refractivity contribution in [2.24, 2.45) is 5.92 Å². The van der Waals surface area contributed by atoms with Crippen molar-refractivity contribution in [1.29, 1.82) is 0 Å². The van der Waals surface area contributed by atoms with E-state index >= 15 is 0 Å². The van der Waals surface area contributed by atoms with E-state index in [-0.39, 0.29) is 12.2 Å². The number of aliphatic hydroxyl groups is 1. The summed E-state index contributed by atoms with van der Waals surface area (Å²) in [7, 11) is -1.66. The van der Waals surface area contributed by atoms with E-state index in [1.807, 2.05) is 72.8 Å². The Morgan fingerprint density at radius 3 is 2.38 bits per heavy atom. The highest BCUT2D eigenvalue weighted by Gasteiger charge is 2.40. The minimum absolute atomic E-state index is 0.0898. The lowest BCUT2D eigenvalue weighted by atomic mass is 9.95. The number of thioether (sulfide) groups is 1. The van der Waals surface area contributed by atoms with Gasteiger partial charge < -0.3 is 14.8 Å². The summed E-state index contributed by atoms with van der Waals surface area (Å²) in [6, 6.07) is 23.7. The molecule has 0 radical (unpaired) electrons. The molecule has 3 unspecified atom stereocenters. The highest BCUT2D eigenvalue weighted by molar-refractivity contribution is 7.99. The van der Waals surface area contributed by atoms with Crippen molar-refractivity contribution in [2.75, 3.05) is 5.75 Å². The van der Waals surface area contributed by atoms with Crippen LogP contribution in [0.25, 0.3) is 10.8 Å². The Balaban J connectivity index is 1.66. The van der Waals surface area contributed by atoms with Gasteiger partial charge in [-0.05, 0) is 47.7 Å². The minimum atomic E-state index is -1.71. The molecule has 6 heteroatoms. The normalized spacial score (nSPS) is 14.8. The molecule has 0 aliphatic heterocycles. The van der Waals surface area contributed by atoms with E-state index < -0.39 is 25.7 Å². The molecule has 0 fully saturated rings. The summed E-state index contributed by atoms with van der Waals surface area (Å²) >= 11 is 1.35. The monoisotopic (exact) mass is 428 g/mol. The second kappa shape index (κ2) is 10.1. The summed E-state index contributed by atoms with van der Waals surface area (Å²) in [5, 5.41) is 21.1. The van der Waals surface area contributed by atoms with Crippen LogP contribution in [-0.4, -0.2) is 27.3 Å². The van der Waals surface area contributed by atoms with E-state index in [4.69, 9.17) is 0 Å². The molecular formula is C23H25O4PS. The fraction of sp³-hybridized carbons (Fsp3) is 0.261. The lowest BCUT2D eigenvalue weighted by Gasteiger charge is -2.29. The molecule has 2 N–H and O–H groups in total. The average molecular weight is 428 g/mol. The summed E-state index contributed by atoms with van der Waals surface area (Å²) < 4.78 is 11.9. The first-order chi connectivity index (χ1) is 14.0. The van der Waals surface area contributed by atoms with Gasteiger partial charge in [0.1, 0.15) is 5.34 Å². The molecule has 0 aliphatic rings. The third-order valence-electron chi connectivity index (χ3n) is 5.10. The predicted molar refractivity (Wildman–Crippen MR) is 121 cm³/mol. The number of rotatable bonds is 10. The molecule has 0 aromatic heterocycles. The number of carboxylic acids is 1. The zero-order valence-electron chi connectivity index (χ0n) is 16.0. The van der Waals surface area contributed by atoms with Crippen LogP contribution in [0, 0.1) is 5.92 Å². The highest BCUT2D eigenvalue weighted by Crippen LogP contribution is 2.38. The van der Waals surface area contributed by atoms with Crippen LogP contribution in [-0.2, 0) is 15.8 Å². The molecule has 29 heavy (non-hydrogen) atoms.